The zero-order valence-electron chi connectivity index (χ0n) is 5.65. The van der Waals surface area contributed by atoms with Crippen molar-refractivity contribution in [2.24, 2.45) is 0 Å². The molecule has 3 heteroatoms. The van der Waals surface area contributed by atoms with Gasteiger partial charge in [-0.15, -0.1) is 0 Å². The number of pyridine rings is 1. The van der Waals surface area contributed by atoms with Gasteiger partial charge in [0.15, 0.2) is 0 Å². The van der Waals surface area contributed by atoms with Crippen LogP contribution >= 0.6 is 0 Å². The average molecular weight is 139 g/mol. The Morgan fingerprint density at radius 1 is 1.60 bits per heavy atom. The molecule has 0 saturated carbocycles. The highest BCUT2D eigenvalue weighted by Gasteiger charge is 2.05. The number of aliphatic hydroxyl groups is 1. The molecule has 54 valence electrons. The second kappa shape index (κ2) is 2.66. The summed E-state index contributed by atoms with van der Waals surface area (Å²) in [5.41, 5.74) is 0.322. The Hall–Kier alpha value is -1.09. The monoisotopic (exact) mass is 139 g/mol. The maximum atomic E-state index is 9.06. The number of aromatic nitrogens is 1. The average Bonchev–Trinajstić information content (AvgIpc) is 1.88. The normalized spacial score (nSPS) is 13.0. The minimum absolute atomic E-state index is 0.0394. The van der Waals surface area contributed by atoms with Crippen molar-refractivity contribution >= 4 is 0 Å². The minimum atomic E-state index is -0.707. The molecule has 0 radical (unpaired) electrons. The third-order valence-corrected chi connectivity index (χ3v) is 1.21. The molecule has 2 N–H and O–H groups in total. The Bertz CT molecular complexity index is 223. The molecule has 0 aliphatic rings. The highest BCUT2D eigenvalue weighted by atomic mass is 16.3. The predicted octanol–water partition coefficient (Wildman–Crippen LogP) is 0.840. The van der Waals surface area contributed by atoms with E-state index >= 15 is 0 Å². The molecule has 0 aliphatic carbocycles. The fourth-order valence-electron chi connectivity index (χ4n) is 0.731. The zero-order valence-corrected chi connectivity index (χ0v) is 5.65. The molecule has 0 fully saturated rings. The van der Waals surface area contributed by atoms with Gasteiger partial charge >= 0.3 is 0 Å². The lowest BCUT2D eigenvalue weighted by atomic mass is 10.2. The van der Waals surface area contributed by atoms with Crippen LogP contribution in [0, 0.1) is 0 Å². The third-order valence-electron chi connectivity index (χ3n) is 1.21. The lowest BCUT2D eigenvalue weighted by molar-refractivity contribution is 0.189. The third kappa shape index (κ3) is 1.25. The first kappa shape index (κ1) is 7.02. The summed E-state index contributed by atoms with van der Waals surface area (Å²) in [6, 6.07) is 3.11. The van der Waals surface area contributed by atoms with E-state index in [0.29, 0.717) is 5.69 Å². The largest absolute Gasteiger partial charge is 0.506 e. The van der Waals surface area contributed by atoms with Crippen molar-refractivity contribution in [3.63, 3.8) is 0 Å². The Labute approximate surface area is 59.0 Å². The second-order valence-electron chi connectivity index (χ2n) is 2.08. The molecule has 1 atom stereocenters. The first-order chi connectivity index (χ1) is 4.72. The van der Waals surface area contributed by atoms with Crippen LogP contribution in [0.4, 0.5) is 0 Å². The highest BCUT2D eigenvalue weighted by molar-refractivity contribution is 5.26. The Kier molecular flexibility index (Phi) is 1.87. The molecule has 3 nitrogen and oxygen atoms in total. The van der Waals surface area contributed by atoms with Crippen molar-refractivity contribution in [3.8, 4) is 5.75 Å². The van der Waals surface area contributed by atoms with Gasteiger partial charge in [-0.1, -0.05) is 0 Å². The standard InChI is InChI=1S/C7H9NO2/c1-5(9)7-6(10)3-2-4-8-7/h2-5,9-10H,1H3/t5-/m0/s1. The summed E-state index contributed by atoms with van der Waals surface area (Å²) in [6.07, 6.45) is 0.822. The van der Waals surface area contributed by atoms with Crippen LogP contribution < -0.4 is 0 Å². The van der Waals surface area contributed by atoms with Crippen molar-refractivity contribution < 1.29 is 10.2 Å². The van der Waals surface area contributed by atoms with Crippen LogP contribution in [0.5, 0.6) is 5.75 Å². The van der Waals surface area contributed by atoms with Crippen LogP contribution in [0.15, 0.2) is 18.3 Å². The van der Waals surface area contributed by atoms with Gasteiger partial charge in [0, 0.05) is 6.20 Å². The molecule has 0 saturated heterocycles. The molecule has 1 aromatic heterocycles. The Morgan fingerprint density at radius 3 is 2.70 bits per heavy atom. The van der Waals surface area contributed by atoms with Crippen LogP contribution in [-0.2, 0) is 0 Å². The van der Waals surface area contributed by atoms with E-state index in [0.717, 1.165) is 0 Å². The van der Waals surface area contributed by atoms with Crippen molar-refractivity contribution in [1.82, 2.24) is 4.98 Å². The molecule has 1 aromatic rings. The van der Waals surface area contributed by atoms with E-state index in [1.807, 2.05) is 0 Å². The highest BCUT2D eigenvalue weighted by Crippen LogP contribution is 2.19. The van der Waals surface area contributed by atoms with Gasteiger partial charge in [-0.25, -0.2) is 0 Å². The summed E-state index contributed by atoms with van der Waals surface area (Å²) in [7, 11) is 0. The van der Waals surface area contributed by atoms with E-state index in [2.05, 4.69) is 4.98 Å². The molecule has 0 unspecified atom stereocenters. The topological polar surface area (TPSA) is 53.4 Å². The molecule has 1 heterocycles. The van der Waals surface area contributed by atoms with E-state index < -0.39 is 6.10 Å². The van der Waals surface area contributed by atoms with E-state index in [4.69, 9.17) is 10.2 Å². The van der Waals surface area contributed by atoms with Crippen LogP contribution in [0.3, 0.4) is 0 Å². The zero-order chi connectivity index (χ0) is 7.56. The Balaban J connectivity index is 3.03. The van der Waals surface area contributed by atoms with Crippen molar-refractivity contribution in [2.45, 2.75) is 13.0 Å². The van der Waals surface area contributed by atoms with Gasteiger partial charge in [0.05, 0.1) is 6.10 Å². The first-order valence-corrected chi connectivity index (χ1v) is 3.03. The van der Waals surface area contributed by atoms with Crippen LogP contribution in [0.1, 0.15) is 18.7 Å². The SMILES string of the molecule is C[C@H](O)c1ncccc1O. The van der Waals surface area contributed by atoms with Gasteiger partial charge in [0.25, 0.3) is 0 Å². The number of rotatable bonds is 1. The number of hydrogen-bond acceptors (Lipinski definition) is 3. The molecule has 0 spiro atoms. The molecule has 10 heavy (non-hydrogen) atoms. The number of aliphatic hydroxyl groups excluding tert-OH is 1. The smallest absolute Gasteiger partial charge is 0.139 e. The fraction of sp³-hybridized carbons (Fsp3) is 0.286. The summed E-state index contributed by atoms with van der Waals surface area (Å²) in [4.78, 5) is 3.78. The maximum absolute atomic E-state index is 9.06. The van der Waals surface area contributed by atoms with E-state index in [9.17, 15) is 0 Å². The number of hydrogen-bond donors (Lipinski definition) is 2. The quantitative estimate of drug-likeness (QED) is 0.606. The minimum Gasteiger partial charge on any atom is -0.506 e. The second-order valence-corrected chi connectivity index (χ2v) is 2.08. The number of aromatic hydroxyl groups is 1. The van der Waals surface area contributed by atoms with Crippen LogP contribution in [-0.4, -0.2) is 15.2 Å². The molecule has 0 bridgehead atoms. The van der Waals surface area contributed by atoms with Gasteiger partial charge in [-0.3, -0.25) is 4.98 Å². The van der Waals surface area contributed by atoms with Crippen LogP contribution in [0.2, 0.25) is 0 Å². The van der Waals surface area contributed by atoms with E-state index in [1.165, 1.54) is 12.3 Å². The lowest BCUT2D eigenvalue weighted by Gasteiger charge is -2.03. The van der Waals surface area contributed by atoms with Gasteiger partial charge in [-0.2, -0.15) is 0 Å². The van der Waals surface area contributed by atoms with E-state index in [1.54, 1.807) is 13.0 Å². The molecular formula is C7H9NO2. The van der Waals surface area contributed by atoms with Gasteiger partial charge in [0.1, 0.15) is 11.4 Å². The van der Waals surface area contributed by atoms with Crippen molar-refractivity contribution in [2.75, 3.05) is 0 Å². The summed E-state index contributed by atoms with van der Waals surface area (Å²) >= 11 is 0. The van der Waals surface area contributed by atoms with Crippen molar-refractivity contribution in [1.29, 1.82) is 0 Å². The van der Waals surface area contributed by atoms with E-state index in [-0.39, 0.29) is 5.75 Å². The summed E-state index contributed by atoms with van der Waals surface area (Å²) < 4.78 is 0. The maximum Gasteiger partial charge on any atom is 0.139 e. The molecule has 0 amide bonds. The van der Waals surface area contributed by atoms with Gasteiger partial charge < -0.3 is 10.2 Å². The van der Waals surface area contributed by atoms with Crippen LogP contribution in [0.25, 0.3) is 0 Å². The lowest BCUT2D eigenvalue weighted by Crippen LogP contribution is -1.94. The molecule has 0 aromatic carbocycles. The first-order valence-electron chi connectivity index (χ1n) is 3.03. The summed E-state index contributed by atoms with van der Waals surface area (Å²) in [6.45, 7) is 1.56. The number of nitrogens with zero attached hydrogens (tertiary/aromatic N) is 1. The fourth-order valence-corrected chi connectivity index (χ4v) is 0.731. The summed E-state index contributed by atoms with van der Waals surface area (Å²) in [5.74, 6) is 0.0394. The predicted molar refractivity (Wildman–Crippen MR) is 36.5 cm³/mol. The molecule has 1 rings (SSSR count). The molecular weight excluding hydrogens is 130 g/mol. The Morgan fingerprint density at radius 2 is 2.30 bits per heavy atom. The van der Waals surface area contributed by atoms with Gasteiger partial charge in [-0.05, 0) is 19.1 Å². The molecule has 0 aliphatic heterocycles. The summed E-state index contributed by atoms with van der Waals surface area (Å²) in [5, 5.41) is 18.0. The van der Waals surface area contributed by atoms with Crippen molar-refractivity contribution in [3.05, 3.63) is 24.0 Å². The van der Waals surface area contributed by atoms with Gasteiger partial charge in [0.2, 0.25) is 0 Å².